The van der Waals surface area contributed by atoms with Gasteiger partial charge in [-0.3, -0.25) is 0 Å². The van der Waals surface area contributed by atoms with Gasteiger partial charge in [-0.1, -0.05) is 25.9 Å². The third kappa shape index (κ3) is 4.43. The first kappa shape index (κ1) is 6.43. The Balaban J connectivity index is 2.34. The van der Waals surface area contributed by atoms with E-state index in [0.717, 1.165) is 0 Å². The Bertz CT molecular complexity index is 17.5. The lowest BCUT2D eigenvalue weighted by Gasteiger charge is -1.83. The van der Waals surface area contributed by atoms with Crippen molar-refractivity contribution in [3.8, 4) is 0 Å². The van der Waals surface area contributed by atoms with Crippen LogP contribution in [0.15, 0.2) is 0 Å². The van der Waals surface area contributed by atoms with Crippen LogP contribution in [0.3, 0.4) is 0 Å². The maximum Gasteiger partial charge on any atom is 0.00761 e. The molecule has 0 aromatic carbocycles. The number of hydrogen-bond acceptors (Lipinski definition) is 0. The number of hydrogen-bond donors (Lipinski definition) is 0. The molecule has 2 heteroatoms. The van der Waals surface area contributed by atoms with Gasteiger partial charge in [0.2, 0.25) is 0 Å². The maximum atomic E-state index is 2.33. The minimum atomic E-state index is 0.561. The van der Waals surface area contributed by atoms with Crippen LogP contribution in [0.25, 0.3) is 0 Å². The highest BCUT2D eigenvalue weighted by atomic mass is 29.1. The van der Waals surface area contributed by atoms with E-state index in [1.807, 2.05) is 0 Å². The van der Waals surface area contributed by atoms with Crippen molar-refractivity contribution in [3.63, 3.8) is 0 Å². The molecule has 0 aromatic rings. The molecule has 0 rings (SSSR count). The zero-order valence-corrected chi connectivity index (χ0v) is 7.66. The lowest BCUT2D eigenvalue weighted by molar-refractivity contribution is 1.45. The van der Waals surface area contributed by atoms with Gasteiger partial charge in [0.05, 0.1) is 0 Å². The van der Waals surface area contributed by atoms with Gasteiger partial charge in [0.1, 0.15) is 0 Å². The van der Waals surface area contributed by atoms with Crippen molar-refractivity contribution in [1.29, 1.82) is 0 Å². The van der Waals surface area contributed by atoms with Crippen molar-refractivity contribution in [3.05, 3.63) is 0 Å². The van der Waals surface area contributed by atoms with Gasteiger partial charge in [0.15, 0.2) is 0 Å². The minimum Gasteiger partial charge on any atom is -0.0685 e. The second-order valence-electron chi connectivity index (χ2n) is 1.71. The molecule has 38 valence electrons. The molecule has 0 amide bonds. The van der Waals surface area contributed by atoms with Crippen LogP contribution in [0.4, 0.5) is 0 Å². The smallest absolute Gasteiger partial charge is 0.00761 e. The molecule has 0 aromatic heterocycles. The first-order chi connectivity index (χ1) is 2.91. The van der Waals surface area contributed by atoms with E-state index in [2.05, 4.69) is 13.8 Å². The van der Waals surface area contributed by atoms with Crippen molar-refractivity contribution >= 4 is 18.1 Å². The van der Waals surface area contributed by atoms with Crippen molar-refractivity contribution in [2.45, 2.75) is 25.9 Å². The highest BCUT2D eigenvalue weighted by molar-refractivity contribution is 7.00. The summed E-state index contributed by atoms with van der Waals surface area (Å²) < 4.78 is 0. The summed E-state index contributed by atoms with van der Waals surface area (Å²) in [5.41, 5.74) is 0. The van der Waals surface area contributed by atoms with E-state index in [4.69, 9.17) is 0 Å². The summed E-state index contributed by atoms with van der Waals surface area (Å²) in [6.07, 6.45) is 0. The summed E-state index contributed by atoms with van der Waals surface area (Å²) in [5.74, 6) is 0. The van der Waals surface area contributed by atoms with Crippen LogP contribution in [-0.4, -0.2) is 18.1 Å². The largest absolute Gasteiger partial charge is 0.0685 e. The predicted octanol–water partition coefficient (Wildman–Crippen LogP) is 0.115. The molecule has 0 aliphatic carbocycles. The van der Waals surface area contributed by atoms with Crippen molar-refractivity contribution in [1.82, 2.24) is 0 Å². The average molecular weight is 118 g/mol. The van der Waals surface area contributed by atoms with E-state index in [9.17, 15) is 0 Å². The monoisotopic (exact) mass is 118 g/mol. The van der Waals surface area contributed by atoms with Crippen LogP contribution in [0.1, 0.15) is 13.8 Å². The summed E-state index contributed by atoms with van der Waals surface area (Å²) in [4.78, 5) is 0. The molecule has 0 aliphatic rings. The minimum absolute atomic E-state index is 0.561. The molecular formula is C4H14Si2. The summed E-state index contributed by atoms with van der Waals surface area (Å²) in [6, 6.07) is 3.11. The SMILES string of the molecule is CC[SiH2][SiH2]CC. The van der Waals surface area contributed by atoms with E-state index in [1.165, 1.54) is 0 Å². The Morgan fingerprint density at radius 2 is 1.33 bits per heavy atom. The quantitative estimate of drug-likeness (QED) is 0.365. The fraction of sp³-hybridized carbons (Fsp3) is 1.00. The fourth-order valence-electron chi connectivity index (χ4n) is 0.500. The molecule has 0 heterocycles. The van der Waals surface area contributed by atoms with Crippen LogP contribution in [0.2, 0.25) is 12.1 Å². The topological polar surface area (TPSA) is 0 Å². The molecule has 0 unspecified atom stereocenters. The number of rotatable bonds is 3. The first-order valence-electron chi connectivity index (χ1n) is 2.91. The summed E-state index contributed by atoms with van der Waals surface area (Å²) in [5, 5.41) is 0. The van der Waals surface area contributed by atoms with Crippen LogP contribution < -0.4 is 0 Å². The van der Waals surface area contributed by atoms with E-state index < -0.39 is 0 Å². The van der Waals surface area contributed by atoms with Gasteiger partial charge < -0.3 is 0 Å². The predicted molar refractivity (Wildman–Crippen MR) is 38.1 cm³/mol. The molecule has 0 fully saturated rings. The summed E-state index contributed by atoms with van der Waals surface area (Å²) >= 11 is 0. The third-order valence-electron chi connectivity index (χ3n) is 0.957. The Hall–Kier alpha value is 0.434. The van der Waals surface area contributed by atoms with Crippen LogP contribution in [-0.2, 0) is 0 Å². The van der Waals surface area contributed by atoms with Gasteiger partial charge in [-0.2, -0.15) is 0 Å². The molecule has 0 atom stereocenters. The average Bonchev–Trinajstić information content (AvgIpc) is 1.61. The van der Waals surface area contributed by atoms with Crippen LogP contribution >= 0.6 is 0 Å². The highest BCUT2D eigenvalue weighted by Gasteiger charge is 1.78. The second kappa shape index (κ2) is 5.43. The van der Waals surface area contributed by atoms with Crippen molar-refractivity contribution < 1.29 is 0 Å². The zero-order valence-electron chi connectivity index (χ0n) is 4.83. The molecule has 0 saturated carbocycles. The van der Waals surface area contributed by atoms with Gasteiger partial charge in [0, 0.05) is 18.1 Å². The van der Waals surface area contributed by atoms with Gasteiger partial charge in [-0.15, -0.1) is 0 Å². The highest BCUT2D eigenvalue weighted by Crippen LogP contribution is 1.74. The molecular weight excluding hydrogens is 104 g/mol. The molecule has 0 N–H and O–H groups in total. The normalized spacial score (nSPS) is 13.0. The van der Waals surface area contributed by atoms with E-state index in [-0.39, 0.29) is 0 Å². The van der Waals surface area contributed by atoms with Crippen molar-refractivity contribution in [2.75, 3.05) is 0 Å². The van der Waals surface area contributed by atoms with E-state index >= 15 is 0 Å². The van der Waals surface area contributed by atoms with Crippen LogP contribution in [0, 0.1) is 0 Å². The standard InChI is InChI=1S/C4H14Si2/c1-3-5-6-4-2/h3-6H2,1-2H3. The molecule has 0 spiro atoms. The lowest BCUT2D eigenvalue weighted by Crippen LogP contribution is -1.97. The molecule has 0 nitrogen and oxygen atoms in total. The molecule has 0 radical (unpaired) electrons. The van der Waals surface area contributed by atoms with Gasteiger partial charge >= 0.3 is 0 Å². The Morgan fingerprint density at radius 1 is 1.00 bits per heavy atom. The molecule has 6 heavy (non-hydrogen) atoms. The molecule has 0 bridgehead atoms. The summed E-state index contributed by atoms with van der Waals surface area (Å²) in [7, 11) is 1.12. The van der Waals surface area contributed by atoms with E-state index in [1.54, 1.807) is 12.1 Å². The van der Waals surface area contributed by atoms with Gasteiger partial charge in [-0.05, 0) is 0 Å². The Morgan fingerprint density at radius 3 is 1.50 bits per heavy atom. The Kier molecular flexibility index (Phi) is 5.83. The molecule has 0 saturated heterocycles. The van der Waals surface area contributed by atoms with Crippen molar-refractivity contribution in [2.24, 2.45) is 0 Å². The maximum absolute atomic E-state index is 2.33. The Labute approximate surface area is 44.8 Å². The van der Waals surface area contributed by atoms with Gasteiger partial charge in [0.25, 0.3) is 0 Å². The zero-order chi connectivity index (χ0) is 4.83. The first-order valence-corrected chi connectivity index (χ1v) is 8.91. The van der Waals surface area contributed by atoms with Crippen LogP contribution in [0.5, 0.6) is 0 Å². The van der Waals surface area contributed by atoms with Gasteiger partial charge in [-0.25, -0.2) is 0 Å². The second-order valence-corrected chi connectivity index (χ2v) is 9.36. The lowest BCUT2D eigenvalue weighted by atomic mass is 11.0. The fourth-order valence-corrected chi connectivity index (χ4v) is 4.50. The third-order valence-corrected chi connectivity index (χ3v) is 8.61. The van der Waals surface area contributed by atoms with E-state index in [0.29, 0.717) is 18.1 Å². The summed E-state index contributed by atoms with van der Waals surface area (Å²) in [6.45, 7) is 4.66. The molecule has 0 aliphatic heterocycles.